The molecule has 7 heteroatoms. The zero-order valence-electron chi connectivity index (χ0n) is 14.2. The summed E-state index contributed by atoms with van der Waals surface area (Å²) in [5.74, 6) is 0.790. The second-order valence-electron chi connectivity index (χ2n) is 6.31. The molecular weight excluding hydrogens is 302 g/mol. The van der Waals surface area contributed by atoms with Gasteiger partial charge in [0.15, 0.2) is 0 Å². The van der Waals surface area contributed by atoms with E-state index in [1.807, 2.05) is 49.6 Å². The molecule has 24 heavy (non-hydrogen) atoms. The standard InChI is InChI=1S/C17H21N7/c1-12-16(13(2)22(3)21-12)15-4-6-19-17(20-15)23-8-5-14(10-23)24-9-7-18-11-24/h4,6-7,9,11,14H,5,8,10H2,1-3H3/t14-/m1/s1. The van der Waals surface area contributed by atoms with Crippen LogP contribution < -0.4 is 4.90 Å². The van der Waals surface area contributed by atoms with Crippen LogP contribution in [0.25, 0.3) is 11.3 Å². The van der Waals surface area contributed by atoms with E-state index < -0.39 is 0 Å². The number of hydrogen-bond donors (Lipinski definition) is 0. The van der Waals surface area contributed by atoms with Gasteiger partial charge < -0.3 is 9.47 Å². The zero-order valence-corrected chi connectivity index (χ0v) is 14.2. The van der Waals surface area contributed by atoms with E-state index in [4.69, 9.17) is 4.98 Å². The minimum atomic E-state index is 0.432. The van der Waals surface area contributed by atoms with E-state index in [0.717, 1.165) is 48.1 Å². The number of nitrogens with zero attached hydrogens (tertiary/aromatic N) is 7. The second-order valence-corrected chi connectivity index (χ2v) is 6.31. The van der Waals surface area contributed by atoms with Crippen LogP contribution in [0, 0.1) is 13.8 Å². The van der Waals surface area contributed by atoms with Crippen molar-refractivity contribution in [1.29, 1.82) is 0 Å². The van der Waals surface area contributed by atoms with Gasteiger partial charge in [0.1, 0.15) is 0 Å². The molecule has 7 nitrogen and oxygen atoms in total. The van der Waals surface area contributed by atoms with Crippen LogP contribution in [0.15, 0.2) is 31.0 Å². The maximum atomic E-state index is 4.81. The third-order valence-corrected chi connectivity index (χ3v) is 4.80. The second kappa shape index (κ2) is 5.74. The van der Waals surface area contributed by atoms with Crippen molar-refractivity contribution in [3.8, 4) is 11.3 Å². The molecule has 1 aliphatic heterocycles. The molecule has 0 aromatic carbocycles. The first kappa shape index (κ1) is 14.9. The monoisotopic (exact) mass is 323 g/mol. The molecule has 124 valence electrons. The van der Waals surface area contributed by atoms with E-state index in [0.29, 0.717) is 6.04 Å². The lowest BCUT2D eigenvalue weighted by Gasteiger charge is -2.17. The lowest BCUT2D eigenvalue weighted by molar-refractivity contribution is 0.551. The fourth-order valence-electron chi connectivity index (χ4n) is 3.44. The van der Waals surface area contributed by atoms with Gasteiger partial charge in [-0.1, -0.05) is 0 Å². The van der Waals surface area contributed by atoms with Gasteiger partial charge in [-0.05, 0) is 26.3 Å². The minimum Gasteiger partial charge on any atom is -0.339 e. The van der Waals surface area contributed by atoms with Gasteiger partial charge in [0.05, 0.1) is 23.8 Å². The summed E-state index contributed by atoms with van der Waals surface area (Å²) in [4.78, 5) is 15.7. The summed E-state index contributed by atoms with van der Waals surface area (Å²) in [7, 11) is 1.96. The van der Waals surface area contributed by atoms with Crippen molar-refractivity contribution in [2.24, 2.45) is 7.05 Å². The Morgan fingerprint density at radius 3 is 2.79 bits per heavy atom. The Morgan fingerprint density at radius 2 is 2.08 bits per heavy atom. The number of anilines is 1. The van der Waals surface area contributed by atoms with Crippen molar-refractivity contribution in [3.63, 3.8) is 0 Å². The van der Waals surface area contributed by atoms with Crippen LogP contribution in [-0.2, 0) is 7.05 Å². The average molecular weight is 323 g/mol. The molecule has 1 atom stereocenters. The lowest BCUT2D eigenvalue weighted by Crippen LogP contribution is -2.22. The van der Waals surface area contributed by atoms with Crippen LogP contribution in [0.3, 0.4) is 0 Å². The Labute approximate surface area is 141 Å². The molecule has 0 radical (unpaired) electrons. The number of aryl methyl sites for hydroxylation is 2. The average Bonchev–Trinajstić information content (AvgIpc) is 3.30. The van der Waals surface area contributed by atoms with Crippen LogP contribution in [0.4, 0.5) is 5.95 Å². The predicted molar refractivity (Wildman–Crippen MR) is 91.8 cm³/mol. The highest BCUT2D eigenvalue weighted by molar-refractivity contribution is 5.65. The molecule has 0 spiro atoms. The summed E-state index contributed by atoms with van der Waals surface area (Å²) >= 11 is 0. The Hall–Kier alpha value is -2.70. The van der Waals surface area contributed by atoms with Crippen molar-refractivity contribution >= 4 is 5.95 Å². The molecule has 0 N–H and O–H groups in total. The SMILES string of the molecule is Cc1nn(C)c(C)c1-c1ccnc(N2CC[C@@H](n3ccnc3)C2)n1. The summed E-state index contributed by atoms with van der Waals surface area (Å²) in [5.41, 5.74) is 4.16. The molecule has 3 aromatic rings. The normalized spacial score (nSPS) is 17.6. The van der Waals surface area contributed by atoms with Crippen molar-refractivity contribution < 1.29 is 0 Å². The van der Waals surface area contributed by atoms with Gasteiger partial charge in [-0.15, -0.1) is 0 Å². The highest BCUT2D eigenvalue weighted by atomic mass is 15.3. The Morgan fingerprint density at radius 1 is 1.21 bits per heavy atom. The largest absolute Gasteiger partial charge is 0.339 e. The van der Waals surface area contributed by atoms with E-state index in [2.05, 4.69) is 31.5 Å². The lowest BCUT2D eigenvalue weighted by atomic mass is 10.1. The molecule has 1 aliphatic rings. The molecule has 1 fully saturated rings. The molecule has 4 rings (SSSR count). The third kappa shape index (κ3) is 2.46. The van der Waals surface area contributed by atoms with Crippen molar-refractivity contribution in [2.75, 3.05) is 18.0 Å². The fraction of sp³-hybridized carbons (Fsp3) is 0.412. The minimum absolute atomic E-state index is 0.432. The maximum Gasteiger partial charge on any atom is 0.225 e. The molecule has 1 saturated heterocycles. The van der Waals surface area contributed by atoms with E-state index in [9.17, 15) is 0 Å². The summed E-state index contributed by atoms with van der Waals surface area (Å²) in [6.07, 6.45) is 8.65. The van der Waals surface area contributed by atoms with Gasteiger partial charge >= 0.3 is 0 Å². The molecule has 4 heterocycles. The van der Waals surface area contributed by atoms with Crippen LogP contribution >= 0.6 is 0 Å². The van der Waals surface area contributed by atoms with Gasteiger partial charge in [-0.2, -0.15) is 5.10 Å². The third-order valence-electron chi connectivity index (χ3n) is 4.80. The molecule has 0 saturated carbocycles. The van der Waals surface area contributed by atoms with E-state index in [-0.39, 0.29) is 0 Å². The molecule has 0 aliphatic carbocycles. The Balaban J connectivity index is 1.62. The molecule has 0 bridgehead atoms. The van der Waals surface area contributed by atoms with Gasteiger partial charge in [-0.25, -0.2) is 15.0 Å². The molecule has 0 unspecified atom stereocenters. The quantitative estimate of drug-likeness (QED) is 0.739. The first-order valence-corrected chi connectivity index (χ1v) is 8.19. The first-order chi connectivity index (χ1) is 11.6. The van der Waals surface area contributed by atoms with Gasteiger partial charge in [0.2, 0.25) is 5.95 Å². The van der Waals surface area contributed by atoms with Crippen molar-refractivity contribution in [2.45, 2.75) is 26.3 Å². The van der Waals surface area contributed by atoms with Crippen LogP contribution in [0.1, 0.15) is 23.9 Å². The summed E-state index contributed by atoms with van der Waals surface area (Å²) in [6, 6.07) is 2.39. The van der Waals surface area contributed by atoms with Crippen LogP contribution in [0.2, 0.25) is 0 Å². The highest BCUT2D eigenvalue weighted by Gasteiger charge is 2.26. The van der Waals surface area contributed by atoms with Crippen LogP contribution in [-0.4, -0.2) is 42.4 Å². The Kier molecular flexibility index (Phi) is 3.55. The number of imidazole rings is 1. The molecule has 3 aromatic heterocycles. The van der Waals surface area contributed by atoms with E-state index in [1.54, 1.807) is 0 Å². The maximum absolute atomic E-state index is 4.81. The Bertz CT molecular complexity index is 850. The predicted octanol–water partition coefficient (Wildman–Crippen LogP) is 2.14. The molecule has 0 amide bonds. The first-order valence-electron chi connectivity index (χ1n) is 8.19. The zero-order chi connectivity index (χ0) is 16.7. The van der Waals surface area contributed by atoms with E-state index in [1.165, 1.54) is 0 Å². The summed E-state index contributed by atoms with van der Waals surface area (Å²) in [5, 5.41) is 4.49. The van der Waals surface area contributed by atoms with Gasteiger partial charge in [0, 0.05) is 50.0 Å². The topological polar surface area (TPSA) is 64.7 Å². The van der Waals surface area contributed by atoms with Crippen molar-refractivity contribution in [1.82, 2.24) is 29.3 Å². The van der Waals surface area contributed by atoms with Gasteiger partial charge in [-0.3, -0.25) is 4.68 Å². The van der Waals surface area contributed by atoms with E-state index >= 15 is 0 Å². The highest BCUT2D eigenvalue weighted by Crippen LogP contribution is 2.28. The number of hydrogen-bond acceptors (Lipinski definition) is 5. The number of rotatable bonds is 3. The van der Waals surface area contributed by atoms with Crippen LogP contribution in [0.5, 0.6) is 0 Å². The number of aromatic nitrogens is 6. The van der Waals surface area contributed by atoms with Gasteiger partial charge in [0.25, 0.3) is 0 Å². The fourth-order valence-corrected chi connectivity index (χ4v) is 3.44. The smallest absolute Gasteiger partial charge is 0.225 e. The van der Waals surface area contributed by atoms with Crippen molar-refractivity contribution in [3.05, 3.63) is 42.4 Å². The molecular formula is C17H21N7. The summed E-state index contributed by atoms with van der Waals surface area (Å²) in [6.45, 7) is 5.96. The summed E-state index contributed by atoms with van der Waals surface area (Å²) < 4.78 is 4.07.